The van der Waals surface area contributed by atoms with E-state index in [1.165, 1.54) is 31.0 Å². The van der Waals surface area contributed by atoms with Crippen molar-refractivity contribution in [3.63, 3.8) is 0 Å². The van der Waals surface area contributed by atoms with Crippen molar-refractivity contribution < 1.29 is 13.5 Å². The van der Waals surface area contributed by atoms with Crippen LogP contribution in [0.1, 0.15) is 41.9 Å². The summed E-state index contributed by atoms with van der Waals surface area (Å²) in [6.45, 7) is 3.57. The number of ether oxygens (including phenoxy) is 1. The molecule has 0 aliphatic carbocycles. The van der Waals surface area contributed by atoms with Gasteiger partial charge in [0.15, 0.2) is 12.2 Å². The molecule has 2 aliphatic heterocycles. The summed E-state index contributed by atoms with van der Waals surface area (Å²) < 4.78 is 27.6. The SMILES string of the molecule is N#Cc1cnc2c(Cl)cc(N[C@@H](c3cocn3)c3cn(C4CCN(C5COC5)CC4)nn3)cc2c1Nc1ccc(Cl)c(Cl)c1F. The molecule has 5 aromatic rings. The fourth-order valence-electron chi connectivity index (χ4n) is 5.70. The molecule has 2 aromatic carbocycles. The molecule has 2 N–H and O–H groups in total. The smallest absolute Gasteiger partial charge is 0.180 e. The fraction of sp³-hybridized carbons (Fsp3) is 0.300. The molecule has 0 spiro atoms. The number of likely N-dealkylation sites (tertiary alicyclic amines) is 1. The van der Waals surface area contributed by atoms with E-state index in [1.54, 1.807) is 12.1 Å². The van der Waals surface area contributed by atoms with Crippen LogP contribution in [0.4, 0.5) is 21.5 Å². The first-order valence-corrected chi connectivity index (χ1v) is 15.3. The average Bonchev–Trinajstić information content (AvgIpc) is 3.73. The summed E-state index contributed by atoms with van der Waals surface area (Å²) in [5.74, 6) is -0.754. The Balaban J connectivity index is 1.21. The lowest BCUT2D eigenvalue weighted by Crippen LogP contribution is -2.51. The second-order valence-electron chi connectivity index (χ2n) is 10.9. The van der Waals surface area contributed by atoms with Gasteiger partial charge in [-0.2, -0.15) is 5.26 Å². The molecule has 0 unspecified atom stereocenters. The number of aromatic nitrogens is 5. The van der Waals surface area contributed by atoms with Crippen LogP contribution in [-0.2, 0) is 4.74 Å². The van der Waals surface area contributed by atoms with Crippen molar-refractivity contribution in [1.82, 2.24) is 29.9 Å². The Morgan fingerprint density at radius 3 is 2.58 bits per heavy atom. The van der Waals surface area contributed by atoms with Crippen LogP contribution in [0.25, 0.3) is 10.9 Å². The number of fused-ring (bicyclic) bond motifs is 1. The van der Waals surface area contributed by atoms with E-state index in [2.05, 4.69) is 41.9 Å². The second-order valence-corrected chi connectivity index (χ2v) is 12.1. The molecular weight excluding hydrogens is 644 g/mol. The lowest BCUT2D eigenvalue weighted by atomic mass is 10.0. The minimum absolute atomic E-state index is 0.0341. The van der Waals surface area contributed by atoms with Gasteiger partial charge in [-0.1, -0.05) is 40.0 Å². The molecule has 2 aliphatic rings. The number of rotatable bonds is 8. The Kier molecular flexibility index (Phi) is 8.20. The quantitative estimate of drug-likeness (QED) is 0.171. The van der Waals surface area contributed by atoms with Crippen molar-refractivity contribution in [3.8, 4) is 6.07 Å². The van der Waals surface area contributed by atoms with Gasteiger partial charge in [0.25, 0.3) is 0 Å². The van der Waals surface area contributed by atoms with Crippen molar-refractivity contribution in [2.24, 2.45) is 0 Å². The Labute approximate surface area is 271 Å². The van der Waals surface area contributed by atoms with E-state index in [9.17, 15) is 5.26 Å². The number of nitrogens with one attached hydrogen (secondary N) is 2. The van der Waals surface area contributed by atoms with Crippen LogP contribution in [0.15, 0.2) is 53.7 Å². The molecule has 2 fully saturated rings. The topological polar surface area (TPSA) is 130 Å². The Morgan fingerprint density at radius 1 is 1.04 bits per heavy atom. The molecule has 0 saturated carbocycles. The number of hydrogen-bond donors (Lipinski definition) is 2. The number of hydrogen-bond acceptors (Lipinski definition) is 10. The predicted molar refractivity (Wildman–Crippen MR) is 168 cm³/mol. The van der Waals surface area contributed by atoms with Gasteiger partial charge in [-0.25, -0.2) is 14.1 Å². The number of nitrogens with zero attached hydrogens (tertiary/aromatic N) is 7. The third-order valence-corrected chi connectivity index (χ3v) is 9.30. The number of piperidine rings is 1. The largest absolute Gasteiger partial charge is 0.451 e. The van der Waals surface area contributed by atoms with Crippen molar-refractivity contribution >= 4 is 62.8 Å². The molecule has 2 saturated heterocycles. The number of halogens is 4. The Morgan fingerprint density at radius 2 is 1.87 bits per heavy atom. The van der Waals surface area contributed by atoms with Gasteiger partial charge >= 0.3 is 0 Å². The summed E-state index contributed by atoms with van der Waals surface area (Å²) >= 11 is 18.7. The van der Waals surface area contributed by atoms with Crippen LogP contribution < -0.4 is 10.6 Å². The lowest BCUT2D eigenvalue weighted by molar-refractivity contribution is -0.0734. The monoisotopic (exact) mass is 667 g/mol. The first-order valence-electron chi connectivity index (χ1n) is 14.2. The van der Waals surface area contributed by atoms with E-state index >= 15 is 4.39 Å². The van der Waals surface area contributed by atoms with Crippen molar-refractivity contribution in [1.29, 1.82) is 5.26 Å². The van der Waals surface area contributed by atoms with Gasteiger partial charge in [-0.05, 0) is 37.1 Å². The van der Waals surface area contributed by atoms with Crippen molar-refractivity contribution in [3.05, 3.63) is 87.2 Å². The molecule has 3 aromatic heterocycles. The molecule has 15 heteroatoms. The lowest BCUT2D eigenvalue weighted by Gasteiger charge is -2.41. The third-order valence-electron chi connectivity index (χ3n) is 8.23. The summed E-state index contributed by atoms with van der Waals surface area (Å²) in [4.78, 5) is 11.2. The zero-order chi connectivity index (χ0) is 31.1. The maximum atomic E-state index is 15.0. The number of anilines is 3. The minimum Gasteiger partial charge on any atom is -0.451 e. The first-order chi connectivity index (χ1) is 21.9. The summed E-state index contributed by atoms with van der Waals surface area (Å²) in [5, 5.41) is 25.9. The van der Waals surface area contributed by atoms with E-state index in [-0.39, 0.29) is 27.3 Å². The zero-order valence-electron chi connectivity index (χ0n) is 23.6. The summed E-state index contributed by atoms with van der Waals surface area (Å²) in [5.41, 5.74) is 2.70. The molecule has 45 heavy (non-hydrogen) atoms. The normalized spacial score (nSPS) is 16.8. The van der Waals surface area contributed by atoms with Gasteiger partial charge in [0.05, 0.1) is 69.0 Å². The highest BCUT2D eigenvalue weighted by Crippen LogP contribution is 2.38. The third kappa shape index (κ3) is 5.78. The minimum atomic E-state index is -0.754. The molecule has 5 heterocycles. The highest BCUT2D eigenvalue weighted by molar-refractivity contribution is 6.42. The molecule has 7 rings (SSSR count). The van der Waals surface area contributed by atoms with E-state index in [0.29, 0.717) is 44.7 Å². The summed E-state index contributed by atoms with van der Waals surface area (Å²) in [6, 6.07) is 8.69. The Bertz CT molecular complexity index is 1900. The van der Waals surface area contributed by atoms with Gasteiger partial charge in [0.1, 0.15) is 29.8 Å². The van der Waals surface area contributed by atoms with Crippen molar-refractivity contribution in [2.45, 2.75) is 31.0 Å². The molecule has 0 amide bonds. The van der Waals surface area contributed by atoms with Crippen LogP contribution >= 0.6 is 34.8 Å². The van der Waals surface area contributed by atoms with Gasteiger partial charge in [0, 0.05) is 30.4 Å². The average molecular weight is 669 g/mol. The first kappa shape index (κ1) is 29.7. The highest BCUT2D eigenvalue weighted by atomic mass is 35.5. The molecule has 1 atom stereocenters. The standard InChI is InChI=1S/C30H25Cl3FN9O2/c31-21-1-2-23(27(34)26(21)33)39-28-16(9-35)10-36-29-20(28)7-17(8-22(29)32)38-30(25-14-45-15-37-25)24-11-43(41-40-24)18-3-5-42(6-4-18)19-12-44-13-19/h1-2,7-8,10-11,14-15,18-19,30,38H,3-6,12-13H2,(H,36,39)/t30-/m1/s1. The molecular formula is C30H25Cl3FN9O2. The number of oxazole rings is 1. The van der Waals surface area contributed by atoms with Crippen LogP contribution in [-0.4, -0.2) is 62.2 Å². The molecule has 0 radical (unpaired) electrons. The van der Waals surface area contributed by atoms with Gasteiger partial charge in [-0.3, -0.25) is 9.88 Å². The fourth-order valence-corrected chi connectivity index (χ4v) is 6.28. The maximum absolute atomic E-state index is 15.0. The van der Waals surface area contributed by atoms with Crippen LogP contribution in [0.5, 0.6) is 0 Å². The predicted octanol–water partition coefficient (Wildman–Crippen LogP) is 6.77. The zero-order valence-corrected chi connectivity index (χ0v) is 25.8. The number of nitriles is 1. The van der Waals surface area contributed by atoms with Crippen LogP contribution in [0.3, 0.4) is 0 Å². The van der Waals surface area contributed by atoms with Crippen molar-refractivity contribution in [2.75, 3.05) is 36.9 Å². The highest BCUT2D eigenvalue weighted by Gasteiger charge is 2.31. The second kappa shape index (κ2) is 12.4. The number of benzene rings is 2. The van der Waals surface area contributed by atoms with Gasteiger partial charge in [0.2, 0.25) is 0 Å². The molecule has 0 bridgehead atoms. The van der Waals surface area contributed by atoms with E-state index in [0.717, 1.165) is 39.1 Å². The van der Waals surface area contributed by atoms with E-state index < -0.39 is 11.9 Å². The van der Waals surface area contributed by atoms with E-state index in [1.807, 2.05) is 10.9 Å². The molecule has 11 nitrogen and oxygen atoms in total. The maximum Gasteiger partial charge on any atom is 0.180 e. The van der Waals surface area contributed by atoms with Crippen LogP contribution in [0, 0.1) is 17.1 Å². The van der Waals surface area contributed by atoms with Gasteiger partial charge in [-0.15, -0.1) is 5.10 Å². The number of pyridine rings is 1. The van der Waals surface area contributed by atoms with E-state index in [4.69, 9.17) is 44.0 Å². The van der Waals surface area contributed by atoms with Crippen LogP contribution in [0.2, 0.25) is 15.1 Å². The summed E-state index contributed by atoms with van der Waals surface area (Å²) in [6.07, 6.45) is 8.11. The molecule has 230 valence electrons. The van der Waals surface area contributed by atoms with Gasteiger partial charge < -0.3 is 19.8 Å². The summed E-state index contributed by atoms with van der Waals surface area (Å²) in [7, 11) is 0. The Hall–Kier alpha value is -3.99.